The largest absolute Gasteiger partial charge is 0.367 e. The van der Waals surface area contributed by atoms with Crippen molar-refractivity contribution in [3.63, 3.8) is 0 Å². The van der Waals surface area contributed by atoms with Gasteiger partial charge in [-0.25, -0.2) is 4.79 Å². The first-order valence-corrected chi connectivity index (χ1v) is 6.43. The topological polar surface area (TPSA) is 76.7 Å². The molecule has 2 heterocycles. The zero-order valence-corrected chi connectivity index (χ0v) is 11.6. The summed E-state index contributed by atoms with van der Waals surface area (Å²) in [5.41, 5.74) is -0.152. The van der Waals surface area contributed by atoms with Gasteiger partial charge in [0.25, 0.3) is 5.91 Å². The van der Waals surface area contributed by atoms with E-state index in [4.69, 9.17) is 0 Å². The van der Waals surface area contributed by atoms with Gasteiger partial charge in [0.2, 0.25) is 0 Å². The third kappa shape index (κ3) is 2.81. The molecule has 0 unspecified atom stereocenters. The van der Waals surface area contributed by atoms with Crippen LogP contribution in [0.1, 0.15) is 10.4 Å². The van der Waals surface area contributed by atoms with Gasteiger partial charge in [-0.1, -0.05) is 0 Å². The predicted molar refractivity (Wildman–Crippen MR) is 73.6 cm³/mol. The van der Waals surface area contributed by atoms with Crippen LogP contribution in [-0.2, 0) is 0 Å². The summed E-state index contributed by atoms with van der Waals surface area (Å²) in [6.45, 7) is 1.83. The Kier molecular flexibility index (Phi) is 4.07. The number of nitrogens with zero attached hydrogens (tertiary/aromatic N) is 3. The summed E-state index contributed by atoms with van der Waals surface area (Å²) in [5.74, 6) is -0.288. The first-order valence-electron chi connectivity index (χ1n) is 6.43. The van der Waals surface area contributed by atoms with E-state index in [2.05, 4.69) is 4.98 Å². The average Bonchev–Trinajstić information content (AvgIpc) is 2.46. The van der Waals surface area contributed by atoms with Crippen molar-refractivity contribution < 1.29 is 9.59 Å². The minimum atomic E-state index is -0.291. The van der Waals surface area contributed by atoms with E-state index in [1.165, 1.54) is 23.4 Å². The highest BCUT2D eigenvalue weighted by Crippen LogP contribution is 2.07. The minimum Gasteiger partial charge on any atom is -0.367 e. The van der Waals surface area contributed by atoms with Crippen molar-refractivity contribution in [1.82, 2.24) is 19.7 Å². The summed E-state index contributed by atoms with van der Waals surface area (Å²) in [7, 11) is 3.40. The summed E-state index contributed by atoms with van der Waals surface area (Å²) >= 11 is 0. The van der Waals surface area contributed by atoms with Crippen LogP contribution in [0.25, 0.3) is 0 Å². The van der Waals surface area contributed by atoms with Gasteiger partial charge in [0.05, 0.1) is 0 Å². The Balaban J connectivity index is 2.01. The van der Waals surface area contributed by atoms with Gasteiger partial charge in [-0.05, 0) is 0 Å². The highest BCUT2D eigenvalue weighted by Gasteiger charge is 2.26. The number of rotatable bonds is 1. The lowest BCUT2D eigenvalue weighted by Gasteiger charge is -2.35. The Morgan fingerprint density at radius 2 is 1.75 bits per heavy atom. The van der Waals surface area contributed by atoms with E-state index in [0.29, 0.717) is 26.2 Å². The van der Waals surface area contributed by atoms with Crippen LogP contribution in [0.5, 0.6) is 0 Å². The van der Waals surface area contributed by atoms with Gasteiger partial charge >= 0.3 is 6.03 Å². The number of carbonyl (C=O) groups excluding carboxylic acids is 2. The van der Waals surface area contributed by atoms with Crippen LogP contribution in [0.3, 0.4) is 0 Å². The standard InChI is InChI=1S/C13H18N4O3/c1-15(2)13(20)17-7-5-16(6-8-17)12(19)10-9-14-4-3-11(10)18/h3-4,9H,5-8H2,1-2H3,(H,14,18). The highest BCUT2D eigenvalue weighted by molar-refractivity contribution is 5.94. The first-order chi connectivity index (χ1) is 9.50. The average molecular weight is 278 g/mol. The lowest BCUT2D eigenvalue weighted by atomic mass is 10.2. The molecule has 7 nitrogen and oxygen atoms in total. The molecule has 1 aliphatic heterocycles. The predicted octanol–water partition coefficient (Wildman–Crippen LogP) is -0.186. The Morgan fingerprint density at radius 3 is 2.30 bits per heavy atom. The third-order valence-corrected chi connectivity index (χ3v) is 3.27. The molecule has 7 heteroatoms. The molecule has 0 spiro atoms. The van der Waals surface area contributed by atoms with Gasteiger partial charge in [0, 0.05) is 58.7 Å². The van der Waals surface area contributed by atoms with Crippen LogP contribution >= 0.6 is 0 Å². The van der Waals surface area contributed by atoms with Crippen LogP contribution in [0.2, 0.25) is 0 Å². The van der Waals surface area contributed by atoms with E-state index >= 15 is 0 Å². The van der Waals surface area contributed by atoms with Crippen LogP contribution in [0.4, 0.5) is 4.79 Å². The molecule has 0 saturated carbocycles. The maximum Gasteiger partial charge on any atom is 0.319 e. The number of piperazine rings is 1. The lowest BCUT2D eigenvalue weighted by molar-refractivity contribution is 0.0648. The van der Waals surface area contributed by atoms with Gasteiger partial charge in [0.1, 0.15) is 5.56 Å². The van der Waals surface area contributed by atoms with E-state index in [9.17, 15) is 14.4 Å². The fourth-order valence-corrected chi connectivity index (χ4v) is 2.14. The molecule has 1 aliphatic rings. The van der Waals surface area contributed by atoms with E-state index in [1.54, 1.807) is 23.9 Å². The van der Waals surface area contributed by atoms with Crippen LogP contribution in [0, 0.1) is 0 Å². The Bertz CT molecular complexity index is 559. The second kappa shape index (κ2) is 5.77. The molecule has 1 fully saturated rings. The zero-order chi connectivity index (χ0) is 14.7. The molecule has 3 amide bonds. The zero-order valence-electron chi connectivity index (χ0n) is 11.6. The number of hydrogen-bond donors (Lipinski definition) is 1. The van der Waals surface area contributed by atoms with Gasteiger partial charge < -0.3 is 19.7 Å². The van der Waals surface area contributed by atoms with Crippen molar-refractivity contribution in [3.05, 3.63) is 34.2 Å². The number of pyridine rings is 1. The van der Waals surface area contributed by atoms with Crippen molar-refractivity contribution in [3.8, 4) is 0 Å². The van der Waals surface area contributed by atoms with Crippen molar-refractivity contribution in [1.29, 1.82) is 0 Å². The van der Waals surface area contributed by atoms with Crippen molar-refractivity contribution >= 4 is 11.9 Å². The van der Waals surface area contributed by atoms with Gasteiger partial charge in [-0.3, -0.25) is 9.59 Å². The molecular weight excluding hydrogens is 260 g/mol. The minimum absolute atomic E-state index is 0.0605. The second-order valence-electron chi connectivity index (χ2n) is 4.88. The van der Waals surface area contributed by atoms with E-state index in [-0.39, 0.29) is 22.9 Å². The summed E-state index contributed by atoms with van der Waals surface area (Å²) < 4.78 is 0. The molecule has 0 aromatic carbocycles. The number of nitrogens with one attached hydrogen (secondary N) is 1. The fourth-order valence-electron chi connectivity index (χ4n) is 2.14. The van der Waals surface area contributed by atoms with Crippen molar-refractivity contribution in [2.75, 3.05) is 40.3 Å². The van der Waals surface area contributed by atoms with Crippen LogP contribution in [-0.4, -0.2) is 71.9 Å². The molecule has 1 aromatic rings. The third-order valence-electron chi connectivity index (χ3n) is 3.27. The van der Waals surface area contributed by atoms with E-state index in [0.717, 1.165) is 0 Å². The monoisotopic (exact) mass is 278 g/mol. The van der Waals surface area contributed by atoms with E-state index < -0.39 is 0 Å². The van der Waals surface area contributed by atoms with Crippen LogP contribution in [0.15, 0.2) is 23.3 Å². The lowest BCUT2D eigenvalue weighted by Crippen LogP contribution is -2.53. The van der Waals surface area contributed by atoms with Gasteiger partial charge in [-0.2, -0.15) is 0 Å². The maximum atomic E-state index is 12.2. The number of urea groups is 1. The normalized spacial score (nSPS) is 15.1. The van der Waals surface area contributed by atoms with Gasteiger partial charge in [-0.15, -0.1) is 0 Å². The van der Waals surface area contributed by atoms with Crippen molar-refractivity contribution in [2.45, 2.75) is 0 Å². The number of hydrogen-bond acceptors (Lipinski definition) is 3. The molecule has 0 bridgehead atoms. The van der Waals surface area contributed by atoms with Gasteiger partial charge in [0.15, 0.2) is 5.43 Å². The number of H-pyrrole nitrogens is 1. The molecule has 1 N–H and O–H groups in total. The Morgan fingerprint density at radius 1 is 1.15 bits per heavy atom. The highest BCUT2D eigenvalue weighted by atomic mass is 16.2. The molecule has 1 aromatic heterocycles. The van der Waals surface area contributed by atoms with E-state index in [1.807, 2.05) is 0 Å². The quantitative estimate of drug-likeness (QED) is 0.774. The number of aromatic amines is 1. The number of aromatic nitrogens is 1. The summed E-state index contributed by atoms with van der Waals surface area (Å²) in [6.07, 6.45) is 2.91. The fraction of sp³-hybridized carbons (Fsp3) is 0.462. The SMILES string of the molecule is CN(C)C(=O)N1CCN(C(=O)c2c[nH]ccc2=O)CC1. The van der Waals surface area contributed by atoms with Crippen LogP contribution < -0.4 is 5.43 Å². The summed E-state index contributed by atoms with van der Waals surface area (Å²) in [6, 6.07) is 1.27. The number of carbonyl (C=O) groups is 2. The maximum absolute atomic E-state index is 12.2. The molecule has 1 saturated heterocycles. The molecule has 2 rings (SSSR count). The first kappa shape index (κ1) is 14.1. The molecule has 108 valence electrons. The summed E-state index contributed by atoms with van der Waals surface area (Å²) in [5, 5.41) is 0. The number of amides is 3. The summed E-state index contributed by atoms with van der Waals surface area (Å²) in [4.78, 5) is 43.2. The Hall–Kier alpha value is -2.31. The molecule has 0 radical (unpaired) electrons. The Labute approximate surface area is 116 Å². The smallest absolute Gasteiger partial charge is 0.319 e. The molecular formula is C13H18N4O3. The molecule has 0 aliphatic carbocycles. The molecule has 20 heavy (non-hydrogen) atoms. The van der Waals surface area contributed by atoms with Crippen molar-refractivity contribution in [2.24, 2.45) is 0 Å². The molecule has 0 atom stereocenters. The second-order valence-corrected chi connectivity index (χ2v) is 4.88.